The van der Waals surface area contributed by atoms with Gasteiger partial charge < -0.3 is 15.8 Å². The number of alkyl halides is 3. The number of benzene rings is 3. The number of fused-ring (bicyclic) bond motifs is 1. The second-order valence-electron chi connectivity index (χ2n) is 9.30. The molecule has 194 valence electrons. The zero-order chi connectivity index (χ0) is 27.0. The molecule has 3 N–H and O–H groups in total. The largest absolute Gasteiger partial charge is 0.457 e. The van der Waals surface area contributed by atoms with Gasteiger partial charge in [-0.25, -0.2) is 4.98 Å². The Morgan fingerprint density at radius 1 is 1.21 bits per heavy atom. The highest BCUT2D eigenvalue weighted by atomic mass is 19.4. The van der Waals surface area contributed by atoms with Gasteiger partial charge in [0.05, 0.1) is 34.9 Å². The molecule has 4 aromatic rings. The van der Waals surface area contributed by atoms with Crippen molar-refractivity contribution in [2.45, 2.75) is 38.3 Å². The number of nitrogens with zero attached hydrogens (tertiary/aromatic N) is 3. The summed E-state index contributed by atoms with van der Waals surface area (Å²) in [5, 5.41) is 12.1. The van der Waals surface area contributed by atoms with Crippen LogP contribution in [0.1, 0.15) is 52.2 Å². The van der Waals surface area contributed by atoms with Gasteiger partial charge in [-0.1, -0.05) is 6.07 Å². The predicted octanol–water partition coefficient (Wildman–Crippen LogP) is 6.34. The first-order chi connectivity index (χ1) is 18.1. The Balaban J connectivity index is 1.63. The number of hydrogen-bond acceptors (Lipinski definition) is 5. The molecule has 10 heteroatoms. The first-order valence-electron chi connectivity index (χ1n) is 12.1. The van der Waals surface area contributed by atoms with Crippen LogP contribution in [0.15, 0.2) is 54.9 Å². The molecule has 0 unspecified atom stereocenters. The van der Waals surface area contributed by atoms with E-state index in [1.54, 1.807) is 48.8 Å². The normalized spacial score (nSPS) is 13.3. The molecule has 1 saturated carbocycles. The molecule has 5 rings (SSSR count). The number of primary amides is 1. The van der Waals surface area contributed by atoms with Gasteiger partial charge >= 0.3 is 6.18 Å². The van der Waals surface area contributed by atoms with E-state index in [1.807, 2.05) is 17.6 Å². The summed E-state index contributed by atoms with van der Waals surface area (Å²) >= 11 is 0. The van der Waals surface area contributed by atoms with Gasteiger partial charge in [-0.2, -0.15) is 18.4 Å². The smallest absolute Gasteiger partial charge is 0.390 e. The van der Waals surface area contributed by atoms with Crippen LogP contribution in [-0.2, 0) is 0 Å². The number of anilines is 1. The second-order valence-corrected chi connectivity index (χ2v) is 9.30. The molecule has 1 fully saturated rings. The van der Waals surface area contributed by atoms with Crippen LogP contribution in [0.25, 0.3) is 16.7 Å². The molecule has 1 aliphatic carbocycles. The Morgan fingerprint density at radius 2 is 2.00 bits per heavy atom. The van der Waals surface area contributed by atoms with E-state index >= 15 is 0 Å². The molecule has 0 atom stereocenters. The third-order valence-electron chi connectivity index (χ3n) is 6.55. The van der Waals surface area contributed by atoms with Gasteiger partial charge in [-0.15, -0.1) is 0 Å². The summed E-state index contributed by atoms with van der Waals surface area (Å²) in [4.78, 5) is 16.5. The third-order valence-corrected chi connectivity index (χ3v) is 6.55. The van der Waals surface area contributed by atoms with Gasteiger partial charge in [0.25, 0.3) is 0 Å². The fourth-order valence-electron chi connectivity index (χ4n) is 4.66. The summed E-state index contributed by atoms with van der Waals surface area (Å²) in [6, 6.07) is 15.5. The average Bonchev–Trinajstić information content (AvgIpc) is 3.61. The minimum atomic E-state index is -4.31. The molecular weight excluding hydrogens is 495 g/mol. The number of halogens is 3. The van der Waals surface area contributed by atoms with E-state index < -0.39 is 18.5 Å². The summed E-state index contributed by atoms with van der Waals surface area (Å²) in [7, 11) is 0. The van der Waals surface area contributed by atoms with E-state index in [4.69, 9.17) is 10.5 Å². The van der Waals surface area contributed by atoms with Gasteiger partial charge in [0.15, 0.2) is 0 Å². The highest BCUT2D eigenvalue weighted by Gasteiger charge is 2.31. The lowest BCUT2D eigenvalue weighted by Gasteiger charge is -2.17. The Labute approximate surface area is 216 Å². The number of hydrogen-bond donors (Lipinski definition) is 2. The fraction of sp³-hybridized carbons (Fsp3) is 0.250. The third kappa shape index (κ3) is 5.13. The number of carbonyl (C=O) groups excluding carboxylic acids is 1. The number of nitrogens with one attached hydrogen (secondary N) is 1. The number of nitriles is 1. The molecule has 1 heterocycles. The van der Waals surface area contributed by atoms with Crippen molar-refractivity contribution in [1.82, 2.24) is 9.55 Å². The summed E-state index contributed by atoms with van der Waals surface area (Å²) in [5.41, 5.74) is 10.6. The van der Waals surface area contributed by atoms with E-state index in [2.05, 4.69) is 16.4 Å². The lowest BCUT2D eigenvalue weighted by Crippen LogP contribution is -2.15. The molecule has 0 radical (unpaired) electrons. The average molecular weight is 520 g/mol. The summed E-state index contributed by atoms with van der Waals surface area (Å²) < 4.78 is 46.4. The van der Waals surface area contributed by atoms with E-state index in [-0.39, 0.29) is 12.5 Å². The Morgan fingerprint density at radius 3 is 2.68 bits per heavy atom. The maximum absolute atomic E-state index is 12.8. The molecule has 0 spiro atoms. The predicted molar refractivity (Wildman–Crippen MR) is 137 cm³/mol. The minimum absolute atomic E-state index is 0.277. The van der Waals surface area contributed by atoms with Crippen LogP contribution in [-0.4, -0.2) is 28.2 Å². The number of ether oxygens (including phenoxy) is 1. The van der Waals surface area contributed by atoms with Gasteiger partial charge in [0.1, 0.15) is 23.3 Å². The van der Waals surface area contributed by atoms with Crippen molar-refractivity contribution in [3.8, 4) is 23.3 Å². The SMILES string of the molecule is Cc1c(C(N)=O)ccc(-n2cnc3c(NCCC(F)(F)F)cc(Oc4cccc(C#N)c4)cc32)c1C1CC1. The van der Waals surface area contributed by atoms with Crippen LogP contribution in [0.4, 0.5) is 18.9 Å². The minimum Gasteiger partial charge on any atom is -0.457 e. The highest BCUT2D eigenvalue weighted by Crippen LogP contribution is 2.46. The van der Waals surface area contributed by atoms with Crippen molar-refractivity contribution >= 4 is 22.6 Å². The number of aromatic nitrogens is 2. The summed E-state index contributed by atoms with van der Waals surface area (Å²) in [5.74, 6) is 0.551. The van der Waals surface area contributed by atoms with Crippen molar-refractivity contribution in [1.29, 1.82) is 5.26 Å². The number of imidazole rings is 1. The maximum atomic E-state index is 12.8. The molecule has 3 aromatic carbocycles. The Kier molecular flexibility index (Phi) is 6.45. The van der Waals surface area contributed by atoms with Gasteiger partial charge in [0.2, 0.25) is 5.91 Å². The summed E-state index contributed by atoms with van der Waals surface area (Å²) in [6.45, 7) is 1.54. The molecule has 38 heavy (non-hydrogen) atoms. The number of rotatable bonds is 8. The zero-order valence-corrected chi connectivity index (χ0v) is 20.5. The molecule has 0 bridgehead atoms. The highest BCUT2D eigenvalue weighted by molar-refractivity contribution is 5.96. The molecule has 1 amide bonds. The summed E-state index contributed by atoms with van der Waals surface area (Å²) in [6.07, 6.45) is -1.74. The Hall–Kier alpha value is -4.52. The number of amides is 1. The van der Waals surface area contributed by atoms with Crippen LogP contribution in [0.2, 0.25) is 0 Å². The molecule has 1 aliphatic rings. The number of carbonyl (C=O) groups is 1. The van der Waals surface area contributed by atoms with Crippen LogP contribution in [0.5, 0.6) is 11.5 Å². The monoisotopic (exact) mass is 519 g/mol. The standard InChI is InChI=1S/C28H24F3N5O2/c1-16-21(27(33)37)7-8-23(25(16)18-5-6-18)36-15-35-26-22(34-10-9-28(29,30)31)12-20(13-24(26)36)38-19-4-2-3-17(11-19)14-32/h2-4,7-8,11-13,15,18,34H,5-6,9-10H2,1H3,(H2,33,37). The van der Waals surface area contributed by atoms with Crippen LogP contribution >= 0.6 is 0 Å². The van der Waals surface area contributed by atoms with Crippen LogP contribution in [0.3, 0.4) is 0 Å². The topological polar surface area (TPSA) is 106 Å². The molecular formula is C28H24F3N5O2. The van der Waals surface area contributed by atoms with Crippen molar-refractivity contribution in [2.24, 2.45) is 5.73 Å². The molecule has 7 nitrogen and oxygen atoms in total. The lowest BCUT2D eigenvalue weighted by atomic mass is 9.96. The number of nitrogens with two attached hydrogens (primary N) is 1. The van der Waals surface area contributed by atoms with Crippen molar-refractivity contribution in [3.05, 3.63) is 77.1 Å². The van der Waals surface area contributed by atoms with Gasteiger partial charge in [-0.3, -0.25) is 9.36 Å². The van der Waals surface area contributed by atoms with Crippen LogP contribution < -0.4 is 15.8 Å². The first-order valence-corrected chi connectivity index (χ1v) is 12.1. The van der Waals surface area contributed by atoms with Crippen LogP contribution in [0, 0.1) is 18.3 Å². The van der Waals surface area contributed by atoms with Crippen molar-refractivity contribution in [3.63, 3.8) is 0 Å². The first kappa shape index (κ1) is 25.1. The molecule has 0 saturated heterocycles. The fourth-order valence-corrected chi connectivity index (χ4v) is 4.66. The van der Waals surface area contributed by atoms with Gasteiger partial charge in [-0.05, 0) is 67.1 Å². The Bertz CT molecular complexity index is 1580. The lowest BCUT2D eigenvalue weighted by molar-refractivity contribution is -0.131. The van der Waals surface area contributed by atoms with Crippen molar-refractivity contribution < 1.29 is 22.7 Å². The molecule has 1 aromatic heterocycles. The molecule has 0 aliphatic heterocycles. The zero-order valence-electron chi connectivity index (χ0n) is 20.5. The van der Waals surface area contributed by atoms with E-state index in [9.17, 15) is 23.2 Å². The van der Waals surface area contributed by atoms with Crippen molar-refractivity contribution in [2.75, 3.05) is 11.9 Å². The maximum Gasteiger partial charge on any atom is 0.390 e. The van der Waals surface area contributed by atoms with E-state index in [1.165, 1.54) is 0 Å². The van der Waals surface area contributed by atoms with Gasteiger partial charge in [0, 0.05) is 24.2 Å². The van der Waals surface area contributed by atoms with E-state index in [0.717, 1.165) is 29.7 Å². The quantitative estimate of drug-likeness (QED) is 0.283. The van der Waals surface area contributed by atoms with E-state index in [0.29, 0.717) is 39.3 Å². The second kappa shape index (κ2) is 9.74.